The molecule has 0 saturated carbocycles. The monoisotopic (exact) mass is 383 g/mol. The Bertz CT molecular complexity index is 572. The highest BCUT2D eigenvalue weighted by atomic mass is 79.9. The molecule has 0 aliphatic rings. The van der Waals surface area contributed by atoms with E-state index in [9.17, 15) is 0 Å². The largest absolute Gasteiger partial charge is 0.497 e. The molecular weight excluding hydrogens is 370 g/mol. The fourth-order valence-electron chi connectivity index (χ4n) is 1.83. The predicted molar refractivity (Wildman–Crippen MR) is 86.9 cm³/mol. The lowest BCUT2D eigenvalue weighted by Gasteiger charge is -2.17. The predicted octanol–water partition coefficient (Wildman–Crippen LogP) is 5.39. The standard InChI is InChI=1S/C15H15Br2NO/c1-10(11-4-3-5-12(16)8-11)18-15-9-13(19-2)6-7-14(15)17/h3-10,18H,1-2H3. The number of ether oxygens (including phenoxy) is 1. The molecule has 4 heteroatoms. The fraction of sp³-hybridized carbons (Fsp3) is 0.200. The Morgan fingerprint density at radius 2 is 1.89 bits per heavy atom. The Hall–Kier alpha value is -1.00. The summed E-state index contributed by atoms with van der Waals surface area (Å²) < 4.78 is 7.36. The molecule has 2 aromatic carbocycles. The maximum absolute atomic E-state index is 5.25. The van der Waals surface area contributed by atoms with Gasteiger partial charge in [-0.25, -0.2) is 0 Å². The van der Waals surface area contributed by atoms with Gasteiger partial charge in [-0.15, -0.1) is 0 Å². The maximum atomic E-state index is 5.25. The van der Waals surface area contributed by atoms with Gasteiger partial charge in [-0.2, -0.15) is 0 Å². The van der Waals surface area contributed by atoms with Crippen molar-refractivity contribution in [3.05, 3.63) is 57.0 Å². The highest BCUT2D eigenvalue weighted by Gasteiger charge is 2.08. The van der Waals surface area contributed by atoms with E-state index in [0.717, 1.165) is 20.4 Å². The van der Waals surface area contributed by atoms with Crippen LogP contribution in [0.1, 0.15) is 18.5 Å². The number of methoxy groups -OCH3 is 1. The van der Waals surface area contributed by atoms with E-state index in [1.807, 2.05) is 30.3 Å². The molecule has 0 bridgehead atoms. The zero-order chi connectivity index (χ0) is 13.8. The van der Waals surface area contributed by atoms with Gasteiger partial charge >= 0.3 is 0 Å². The molecule has 1 unspecified atom stereocenters. The molecule has 0 aliphatic carbocycles. The number of nitrogens with one attached hydrogen (secondary N) is 1. The summed E-state index contributed by atoms with van der Waals surface area (Å²) in [5.41, 5.74) is 2.25. The van der Waals surface area contributed by atoms with Crippen LogP contribution in [0.3, 0.4) is 0 Å². The highest BCUT2D eigenvalue weighted by Crippen LogP contribution is 2.30. The van der Waals surface area contributed by atoms with E-state index >= 15 is 0 Å². The number of rotatable bonds is 4. The molecule has 0 amide bonds. The van der Waals surface area contributed by atoms with Gasteiger partial charge in [-0.3, -0.25) is 0 Å². The summed E-state index contributed by atoms with van der Waals surface area (Å²) in [4.78, 5) is 0. The van der Waals surface area contributed by atoms with Crippen LogP contribution in [0.2, 0.25) is 0 Å². The number of hydrogen-bond acceptors (Lipinski definition) is 2. The summed E-state index contributed by atoms with van der Waals surface area (Å²) in [7, 11) is 1.67. The van der Waals surface area contributed by atoms with Crippen molar-refractivity contribution in [2.75, 3.05) is 12.4 Å². The van der Waals surface area contributed by atoms with Gasteiger partial charge < -0.3 is 10.1 Å². The smallest absolute Gasteiger partial charge is 0.121 e. The summed E-state index contributed by atoms with van der Waals surface area (Å²) in [6.45, 7) is 2.13. The molecule has 1 N–H and O–H groups in total. The Balaban J connectivity index is 2.21. The third kappa shape index (κ3) is 3.74. The van der Waals surface area contributed by atoms with Gasteiger partial charge in [0.15, 0.2) is 0 Å². The lowest BCUT2D eigenvalue weighted by atomic mass is 10.1. The van der Waals surface area contributed by atoms with Crippen molar-refractivity contribution < 1.29 is 4.74 Å². The zero-order valence-electron chi connectivity index (χ0n) is 10.8. The van der Waals surface area contributed by atoms with E-state index in [-0.39, 0.29) is 6.04 Å². The molecule has 19 heavy (non-hydrogen) atoms. The van der Waals surface area contributed by atoms with Crippen LogP contribution in [-0.2, 0) is 0 Å². The lowest BCUT2D eigenvalue weighted by Crippen LogP contribution is -2.07. The molecule has 1 atom stereocenters. The Labute approximate surface area is 130 Å². The highest BCUT2D eigenvalue weighted by molar-refractivity contribution is 9.10. The number of anilines is 1. The fourth-order valence-corrected chi connectivity index (χ4v) is 2.61. The first-order valence-corrected chi connectivity index (χ1v) is 7.54. The van der Waals surface area contributed by atoms with Crippen molar-refractivity contribution in [2.24, 2.45) is 0 Å². The van der Waals surface area contributed by atoms with E-state index in [1.54, 1.807) is 7.11 Å². The molecule has 0 aliphatic heterocycles. The van der Waals surface area contributed by atoms with Crippen LogP contribution >= 0.6 is 31.9 Å². The molecular formula is C15H15Br2NO. The number of hydrogen-bond donors (Lipinski definition) is 1. The summed E-state index contributed by atoms with van der Waals surface area (Å²) in [6.07, 6.45) is 0. The first-order valence-electron chi connectivity index (χ1n) is 5.95. The molecule has 0 fully saturated rings. The first-order chi connectivity index (χ1) is 9.10. The van der Waals surface area contributed by atoms with E-state index in [2.05, 4.69) is 56.2 Å². The SMILES string of the molecule is COc1ccc(Br)c(NC(C)c2cccc(Br)c2)c1. The lowest BCUT2D eigenvalue weighted by molar-refractivity contribution is 0.415. The number of benzene rings is 2. The van der Waals surface area contributed by atoms with E-state index < -0.39 is 0 Å². The second-order valence-corrected chi connectivity index (χ2v) is 6.04. The topological polar surface area (TPSA) is 21.3 Å². The van der Waals surface area contributed by atoms with Crippen molar-refractivity contribution in [3.63, 3.8) is 0 Å². The van der Waals surface area contributed by atoms with Gasteiger partial charge in [-0.1, -0.05) is 28.1 Å². The van der Waals surface area contributed by atoms with Crippen LogP contribution in [0.5, 0.6) is 5.75 Å². The molecule has 2 nitrogen and oxygen atoms in total. The third-order valence-electron chi connectivity index (χ3n) is 2.89. The molecule has 2 rings (SSSR count). The van der Waals surface area contributed by atoms with Crippen LogP contribution < -0.4 is 10.1 Å². The van der Waals surface area contributed by atoms with Gasteiger partial charge in [0, 0.05) is 21.1 Å². The number of halogens is 2. The van der Waals surface area contributed by atoms with Crippen LogP contribution in [0, 0.1) is 0 Å². The molecule has 0 heterocycles. The summed E-state index contributed by atoms with van der Waals surface area (Å²) in [5.74, 6) is 0.840. The normalized spacial score (nSPS) is 12.0. The quantitative estimate of drug-likeness (QED) is 0.762. The molecule has 100 valence electrons. The van der Waals surface area contributed by atoms with Crippen LogP contribution in [0.25, 0.3) is 0 Å². The average molecular weight is 385 g/mol. The van der Waals surface area contributed by atoms with Gasteiger partial charge in [0.25, 0.3) is 0 Å². The first kappa shape index (κ1) is 14.4. The Kier molecular flexibility index (Phi) is 4.88. The Morgan fingerprint density at radius 1 is 1.11 bits per heavy atom. The van der Waals surface area contributed by atoms with E-state index in [4.69, 9.17) is 4.74 Å². The minimum atomic E-state index is 0.209. The van der Waals surface area contributed by atoms with Crippen LogP contribution in [0.4, 0.5) is 5.69 Å². The summed E-state index contributed by atoms with van der Waals surface area (Å²) in [6, 6.07) is 14.4. The summed E-state index contributed by atoms with van der Waals surface area (Å²) >= 11 is 7.04. The van der Waals surface area contributed by atoms with Crippen molar-refractivity contribution in [1.82, 2.24) is 0 Å². The minimum Gasteiger partial charge on any atom is -0.497 e. The van der Waals surface area contributed by atoms with Crippen molar-refractivity contribution in [2.45, 2.75) is 13.0 Å². The van der Waals surface area contributed by atoms with E-state index in [0.29, 0.717) is 0 Å². The maximum Gasteiger partial charge on any atom is 0.121 e. The van der Waals surface area contributed by atoms with Crippen molar-refractivity contribution in [1.29, 1.82) is 0 Å². The summed E-state index contributed by atoms with van der Waals surface area (Å²) in [5, 5.41) is 3.48. The minimum absolute atomic E-state index is 0.209. The molecule has 0 radical (unpaired) electrons. The molecule has 0 aromatic heterocycles. The third-order valence-corrected chi connectivity index (χ3v) is 4.08. The van der Waals surface area contributed by atoms with Crippen LogP contribution in [0.15, 0.2) is 51.4 Å². The molecule has 2 aromatic rings. The average Bonchev–Trinajstić information content (AvgIpc) is 2.41. The van der Waals surface area contributed by atoms with Crippen molar-refractivity contribution in [3.8, 4) is 5.75 Å². The van der Waals surface area contributed by atoms with Crippen LogP contribution in [-0.4, -0.2) is 7.11 Å². The Morgan fingerprint density at radius 3 is 2.58 bits per heavy atom. The zero-order valence-corrected chi connectivity index (χ0v) is 14.0. The van der Waals surface area contributed by atoms with Crippen molar-refractivity contribution >= 4 is 37.5 Å². The van der Waals surface area contributed by atoms with E-state index in [1.165, 1.54) is 5.56 Å². The molecule has 0 saturated heterocycles. The second-order valence-electron chi connectivity index (χ2n) is 4.27. The van der Waals surface area contributed by atoms with Gasteiger partial charge in [-0.05, 0) is 52.7 Å². The molecule has 0 spiro atoms. The van der Waals surface area contributed by atoms with Gasteiger partial charge in [0.2, 0.25) is 0 Å². The second kappa shape index (κ2) is 6.44. The van der Waals surface area contributed by atoms with Gasteiger partial charge in [0.05, 0.1) is 12.8 Å². The van der Waals surface area contributed by atoms with Gasteiger partial charge in [0.1, 0.15) is 5.75 Å².